The van der Waals surface area contributed by atoms with E-state index in [9.17, 15) is 4.79 Å². The highest BCUT2D eigenvalue weighted by molar-refractivity contribution is 9.10. The van der Waals surface area contributed by atoms with Gasteiger partial charge in [0.2, 0.25) is 0 Å². The molecule has 0 aromatic heterocycles. The van der Waals surface area contributed by atoms with E-state index in [1.807, 2.05) is 12.1 Å². The van der Waals surface area contributed by atoms with Crippen LogP contribution < -0.4 is 0 Å². The number of carbonyl (C=O) groups excluding carboxylic acids is 1. The number of benzene rings is 1. The molecule has 21 heavy (non-hydrogen) atoms. The molecule has 0 spiro atoms. The summed E-state index contributed by atoms with van der Waals surface area (Å²) in [5.74, 6) is 0.270. The van der Waals surface area contributed by atoms with Crippen molar-refractivity contribution < 1.29 is 9.63 Å². The number of rotatable bonds is 2. The van der Waals surface area contributed by atoms with Gasteiger partial charge in [-0.05, 0) is 54.9 Å². The van der Waals surface area contributed by atoms with Crippen LogP contribution in [-0.4, -0.2) is 11.7 Å². The second-order valence-electron chi connectivity index (χ2n) is 6.92. The van der Waals surface area contributed by atoms with Crippen molar-refractivity contribution in [2.24, 2.45) is 21.9 Å². The Bertz CT molecular complexity index is 606. The van der Waals surface area contributed by atoms with Crippen LogP contribution in [0.5, 0.6) is 0 Å². The van der Waals surface area contributed by atoms with E-state index in [2.05, 4.69) is 41.9 Å². The van der Waals surface area contributed by atoms with Crippen molar-refractivity contribution >= 4 is 27.6 Å². The van der Waals surface area contributed by atoms with Crippen molar-refractivity contribution in [2.45, 2.75) is 40.0 Å². The number of fused-ring (bicyclic) bond motifs is 2. The minimum Gasteiger partial charge on any atom is -0.313 e. The summed E-state index contributed by atoms with van der Waals surface area (Å²) in [6.45, 7) is 6.87. The first-order valence-electron chi connectivity index (χ1n) is 7.39. The predicted molar refractivity (Wildman–Crippen MR) is 86.2 cm³/mol. The summed E-state index contributed by atoms with van der Waals surface area (Å²) in [5, 5.41) is 4.23. The Hall–Kier alpha value is -1.16. The number of nitrogens with zero attached hydrogens (tertiary/aromatic N) is 1. The fraction of sp³-hybridized carbons (Fsp3) is 0.529. The van der Waals surface area contributed by atoms with E-state index >= 15 is 0 Å². The van der Waals surface area contributed by atoms with Gasteiger partial charge in [-0.25, -0.2) is 4.79 Å². The lowest BCUT2D eigenvalue weighted by molar-refractivity contribution is 0.0508. The Labute approximate surface area is 133 Å². The standard InChI is InChI=1S/C17H20BrNO2/c1-16(2)12-8-9-17(16,3)14(10-12)19-21-15(20)11-4-6-13(18)7-5-11/h4-7,12H,8-10H2,1-3H3/b19-14-/t12-,17+/m1/s1. The van der Waals surface area contributed by atoms with Gasteiger partial charge in [0.25, 0.3) is 0 Å². The first kappa shape index (κ1) is 14.8. The summed E-state index contributed by atoms with van der Waals surface area (Å²) < 4.78 is 0.938. The third kappa shape index (κ3) is 2.24. The van der Waals surface area contributed by atoms with Crippen LogP contribution in [0, 0.1) is 16.7 Å². The molecular formula is C17H20BrNO2. The molecule has 2 aliphatic carbocycles. The van der Waals surface area contributed by atoms with Gasteiger partial charge >= 0.3 is 5.97 Å². The Morgan fingerprint density at radius 2 is 1.95 bits per heavy atom. The van der Waals surface area contributed by atoms with E-state index in [-0.39, 0.29) is 16.8 Å². The Balaban J connectivity index is 1.76. The molecule has 0 heterocycles. The molecular weight excluding hydrogens is 330 g/mol. The summed E-state index contributed by atoms with van der Waals surface area (Å²) in [6, 6.07) is 7.12. The highest BCUT2D eigenvalue weighted by atomic mass is 79.9. The van der Waals surface area contributed by atoms with Crippen molar-refractivity contribution in [1.82, 2.24) is 0 Å². The van der Waals surface area contributed by atoms with E-state index in [0.29, 0.717) is 11.5 Å². The third-order valence-corrected chi connectivity index (χ3v) is 6.36. The molecule has 112 valence electrons. The topological polar surface area (TPSA) is 38.7 Å². The van der Waals surface area contributed by atoms with Crippen LogP contribution in [0.3, 0.4) is 0 Å². The van der Waals surface area contributed by atoms with Crippen LogP contribution in [-0.2, 0) is 4.84 Å². The molecule has 0 amide bonds. The summed E-state index contributed by atoms with van der Waals surface area (Å²) in [6.07, 6.45) is 3.35. The Morgan fingerprint density at radius 3 is 2.48 bits per heavy atom. The highest BCUT2D eigenvalue weighted by Gasteiger charge is 2.60. The quantitative estimate of drug-likeness (QED) is 0.567. The molecule has 2 saturated carbocycles. The van der Waals surface area contributed by atoms with Gasteiger partial charge in [0.15, 0.2) is 0 Å². The Morgan fingerprint density at radius 1 is 1.29 bits per heavy atom. The second kappa shape index (κ2) is 4.94. The molecule has 2 fully saturated rings. The van der Waals surface area contributed by atoms with Crippen molar-refractivity contribution in [2.75, 3.05) is 0 Å². The van der Waals surface area contributed by atoms with Gasteiger partial charge in [0, 0.05) is 9.89 Å². The highest BCUT2D eigenvalue weighted by Crippen LogP contribution is 2.63. The second-order valence-corrected chi connectivity index (χ2v) is 7.83. The first-order chi connectivity index (χ1) is 9.84. The molecule has 0 aliphatic heterocycles. The molecule has 3 nitrogen and oxygen atoms in total. The van der Waals surface area contributed by atoms with E-state index in [4.69, 9.17) is 4.84 Å². The molecule has 1 aromatic carbocycles. The van der Waals surface area contributed by atoms with Gasteiger partial charge in [-0.15, -0.1) is 0 Å². The maximum absolute atomic E-state index is 12.0. The van der Waals surface area contributed by atoms with E-state index in [1.165, 1.54) is 6.42 Å². The summed E-state index contributed by atoms with van der Waals surface area (Å²) >= 11 is 3.35. The van der Waals surface area contributed by atoms with Gasteiger partial charge in [-0.2, -0.15) is 0 Å². The van der Waals surface area contributed by atoms with Crippen LogP contribution >= 0.6 is 15.9 Å². The zero-order chi connectivity index (χ0) is 15.3. The summed E-state index contributed by atoms with van der Waals surface area (Å²) in [4.78, 5) is 17.2. The van der Waals surface area contributed by atoms with E-state index in [0.717, 1.165) is 23.0 Å². The zero-order valence-electron chi connectivity index (χ0n) is 12.6. The van der Waals surface area contributed by atoms with Gasteiger partial charge in [-0.3, -0.25) is 0 Å². The molecule has 3 rings (SSSR count). The smallest absolute Gasteiger partial charge is 0.313 e. The number of oxime groups is 1. The molecule has 2 aliphatic rings. The minimum atomic E-state index is -0.390. The SMILES string of the molecule is CC1(C)[C@@H]2CC[C@@]1(C)/C(=N\OC(=O)c1ccc(Br)cc1)C2. The van der Waals surface area contributed by atoms with Gasteiger partial charge in [-0.1, -0.05) is 41.9 Å². The van der Waals surface area contributed by atoms with Crippen LogP contribution in [0.25, 0.3) is 0 Å². The van der Waals surface area contributed by atoms with Gasteiger partial charge in [0.1, 0.15) is 0 Å². The number of carbonyl (C=O) groups is 1. The summed E-state index contributed by atoms with van der Waals surface area (Å²) in [7, 11) is 0. The van der Waals surface area contributed by atoms with Crippen molar-refractivity contribution in [3.63, 3.8) is 0 Å². The average Bonchev–Trinajstić information content (AvgIpc) is 2.78. The molecule has 4 heteroatoms. The lowest BCUT2D eigenvalue weighted by Gasteiger charge is -2.34. The fourth-order valence-electron chi connectivity index (χ4n) is 3.80. The monoisotopic (exact) mass is 349 g/mol. The van der Waals surface area contributed by atoms with E-state index < -0.39 is 0 Å². The Kier molecular flexibility index (Phi) is 3.47. The first-order valence-corrected chi connectivity index (χ1v) is 8.18. The fourth-order valence-corrected chi connectivity index (χ4v) is 4.07. The van der Waals surface area contributed by atoms with Crippen LogP contribution in [0.4, 0.5) is 0 Å². The number of hydrogen-bond acceptors (Lipinski definition) is 3. The minimum absolute atomic E-state index is 0.0671. The maximum atomic E-state index is 12.0. The molecule has 0 radical (unpaired) electrons. The number of hydrogen-bond donors (Lipinski definition) is 0. The zero-order valence-corrected chi connectivity index (χ0v) is 14.2. The lowest BCUT2D eigenvalue weighted by Crippen LogP contribution is -2.32. The van der Waals surface area contributed by atoms with Gasteiger partial charge in [0.05, 0.1) is 11.3 Å². The molecule has 0 N–H and O–H groups in total. The maximum Gasteiger partial charge on any atom is 0.365 e. The van der Waals surface area contributed by atoms with Gasteiger partial charge < -0.3 is 4.84 Å². The lowest BCUT2D eigenvalue weighted by atomic mass is 9.70. The molecule has 1 aromatic rings. The number of halogens is 1. The van der Waals surface area contributed by atoms with Crippen LogP contribution in [0.2, 0.25) is 0 Å². The van der Waals surface area contributed by atoms with E-state index in [1.54, 1.807) is 12.1 Å². The summed E-state index contributed by atoms with van der Waals surface area (Å²) in [5.41, 5.74) is 1.89. The average molecular weight is 350 g/mol. The van der Waals surface area contributed by atoms with Crippen molar-refractivity contribution in [3.8, 4) is 0 Å². The largest absolute Gasteiger partial charge is 0.365 e. The molecule has 0 saturated heterocycles. The van der Waals surface area contributed by atoms with Crippen LogP contribution in [0.1, 0.15) is 50.4 Å². The normalized spacial score (nSPS) is 31.6. The molecule has 2 bridgehead atoms. The predicted octanol–water partition coefficient (Wildman–Crippen LogP) is 4.81. The van der Waals surface area contributed by atoms with Crippen molar-refractivity contribution in [1.29, 1.82) is 0 Å². The molecule has 0 unspecified atom stereocenters. The van der Waals surface area contributed by atoms with Crippen LogP contribution in [0.15, 0.2) is 33.9 Å². The van der Waals surface area contributed by atoms with Crippen molar-refractivity contribution in [3.05, 3.63) is 34.3 Å². The molecule has 2 atom stereocenters. The third-order valence-electron chi connectivity index (χ3n) is 5.83.